The van der Waals surface area contributed by atoms with E-state index in [9.17, 15) is 0 Å². The zero-order valence-corrected chi connectivity index (χ0v) is 8.55. The molecule has 1 heterocycles. The lowest BCUT2D eigenvalue weighted by Gasteiger charge is -2.18. The van der Waals surface area contributed by atoms with Crippen LogP contribution in [0.25, 0.3) is 0 Å². The maximum atomic E-state index is 5.99. The van der Waals surface area contributed by atoms with Gasteiger partial charge in [0.05, 0.1) is 12.2 Å². The van der Waals surface area contributed by atoms with Gasteiger partial charge in [-0.05, 0) is 33.1 Å². The zero-order valence-electron chi connectivity index (χ0n) is 8.55. The van der Waals surface area contributed by atoms with Crippen LogP contribution in [0, 0.1) is 11.8 Å². The molecule has 2 N–H and O–H groups in total. The first kappa shape index (κ1) is 10.6. The molecule has 74 valence electrons. The number of nitrogens with two attached hydrogens (primary N) is 1. The highest BCUT2D eigenvalue weighted by molar-refractivity contribution is 4.96. The highest BCUT2D eigenvalue weighted by Gasteiger charge is 2.26. The molecular formula is C11H19NO. The standard InChI is InChI=1S/C11H19NO/c1-3-4-5-6-10(12)11-8-7-9(2)13-11/h9-11H,5-8,12H2,1-2H3. The van der Waals surface area contributed by atoms with E-state index >= 15 is 0 Å². The number of hydrogen-bond acceptors (Lipinski definition) is 2. The minimum Gasteiger partial charge on any atom is -0.374 e. The molecule has 0 saturated carbocycles. The first-order valence-corrected chi connectivity index (χ1v) is 5.04. The van der Waals surface area contributed by atoms with Crippen LogP contribution in [0.2, 0.25) is 0 Å². The van der Waals surface area contributed by atoms with E-state index in [1.165, 1.54) is 0 Å². The SMILES string of the molecule is CC#CCCC(N)C1CCC(C)O1. The van der Waals surface area contributed by atoms with Crippen molar-refractivity contribution in [2.75, 3.05) is 0 Å². The van der Waals surface area contributed by atoms with Gasteiger partial charge in [0.1, 0.15) is 0 Å². The van der Waals surface area contributed by atoms with E-state index in [0.29, 0.717) is 6.10 Å². The average molecular weight is 181 g/mol. The van der Waals surface area contributed by atoms with Gasteiger partial charge in [-0.15, -0.1) is 11.8 Å². The predicted octanol–water partition coefficient (Wildman–Crippen LogP) is 1.68. The molecule has 1 aliphatic rings. The predicted molar refractivity (Wildman–Crippen MR) is 54.2 cm³/mol. The lowest BCUT2D eigenvalue weighted by atomic mass is 10.0. The fraction of sp³-hybridized carbons (Fsp3) is 0.818. The molecule has 0 aromatic carbocycles. The highest BCUT2D eigenvalue weighted by Crippen LogP contribution is 2.22. The fourth-order valence-electron chi connectivity index (χ4n) is 1.70. The largest absolute Gasteiger partial charge is 0.374 e. The van der Waals surface area contributed by atoms with Crippen molar-refractivity contribution in [1.29, 1.82) is 0 Å². The number of hydrogen-bond donors (Lipinski definition) is 1. The van der Waals surface area contributed by atoms with Crippen molar-refractivity contribution in [3.63, 3.8) is 0 Å². The van der Waals surface area contributed by atoms with Crippen molar-refractivity contribution in [3.05, 3.63) is 0 Å². The van der Waals surface area contributed by atoms with Gasteiger partial charge in [0.25, 0.3) is 0 Å². The van der Waals surface area contributed by atoms with Gasteiger partial charge in [0, 0.05) is 12.5 Å². The summed E-state index contributed by atoms with van der Waals surface area (Å²) < 4.78 is 5.68. The molecule has 2 nitrogen and oxygen atoms in total. The van der Waals surface area contributed by atoms with Crippen molar-refractivity contribution >= 4 is 0 Å². The Bertz CT molecular complexity index is 204. The summed E-state index contributed by atoms with van der Waals surface area (Å²) in [5.41, 5.74) is 5.99. The average Bonchev–Trinajstić information content (AvgIpc) is 2.52. The lowest BCUT2D eigenvalue weighted by Crippen LogP contribution is -2.34. The number of ether oxygens (including phenoxy) is 1. The van der Waals surface area contributed by atoms with Crippen LogP contribution in [-0.4, -0.2) is 18.2 Å². The van der Waals surface area contributed by atoms with Crippen molar-refractivity contribution in [2.45, 2.75) is 57.8 Å². The normalized spacial score (nSPS) is 29.5. The third kappa shape index (κ3) is 3.38. The van der Waals surface area contributed by atoms with Crippen LogP contribution >= 0.6 is 0 Å². The first-order valence-electron chi connectivity index (χ1n) is 5.04. The monoisotopic (exact) mass is 181 g/mol. The molecule has 3 atom stereocenters. The summed E-state index contributed by atoms with van der Waals surface area (Å²) >= 11 is 0. The van der Waals surface area contributed by atoms with E-state index in [-0.39, 0.29) is 12.1 Å². The lowest BCUT2D eigenvalue weighted by molar-refractivity contribution is 0.0390. The van der Waals surface area contributed by atoms with E-state index in [1.54, 1.807) is 0 Å². The molecule has 13 heavy (non-hydrogen) atoms. The van der Waals surface area contributed by atoms with Crippen LogP contribution in [0.1, 0.15) is 39.5 Å². The van der Waals surface area contributed by atoms with Gasteiger partial charge in [0.15, 0.2) is 0 Å². The summed E-state index contributed by atoms with van der Waals surface area (Å²) in [5, 5.41) is 0. The molecule has 0 bridgehead atoms. The van der Waals surface area contributed by atoms with E-state index in [4.69, 9.17) is 10.5 Å². The summed E-state index contributed by atoms with van der Waals surface area (Å²) in [6.45, 7) is 3.97. The van der Waals surface area contributed by atoms with Crippen LogP contribution in [0.3, 0.4) is 0 Å². The van der Waals surface area contributed by atoms with E-state index in [2.05, 4.69) is 18.8 Å². The van der Waals surface area contributed by atoms with E-state index < -0.39 is 0 Å². The molecule has 0 aromatic rings. The Hall–Kier alpha value is -0.520. The second kappa shape index (κ2) is 5.26. The molecule has 0 amide bonds. The summed E-state index contributed by atoms with van der Waals surface area (Å²) in [7, 11) is 0. The minimum absolute atomic E-state index is 0.172. The van der Waals surface area contributed by atoms with Crippen molar-refractivity contribution in [1.82, 2.24) is 0 Å². The van der Waals surface area contributed by atoms with Gasteiger partial charge in [-0.1, -0.05) is 0 Å². The third-order valence-electron chi connectivity index (χ3n) is 2.52. The van der Waals surface area contributed by atoms with Crippen LogP contribution in [-0.2, 0) is 4.74 Å². The molecule has 1 aliphatic heterocycles. The molecule has 1 fully saturated rings. The van der Waals surface area contributed by atoms with Gasteiger partial charge in [-0.2, -0.15) is 0 Å². The third-order valence-corrected chi connectivity index (χ3v) is 2.52. The van der Waals surface area contributed by atoms with Gasteiger partial charge in [-0.3, -0.25) is 0 Å². The molecule has 1 rings (SSSR count). The Morgan fingerprint density at radius 3 is 2.85 bits per heavy atom. The van der Waals surface area contributed by atoms with Crippen LogP contribution < -0.4 is 5.73 Å². The van der Waals surface area contributed by atoms with Crippen molar-refractivity contribution < 1.29 is 4.74 Å². The molecular weight excluding hydrogens is 162 g/mol. The Morgan fingerprint density at radius 2 is 2.31 bits per heavy atom. The molecule has 0 spiro atoms. The van der Waals surface area contributed by atoms with Crippen molar-refractivity contribution in [2.24, 2.45) is 5.73 Å². The maximum Gasteiger partial charge on any atom is 0.0730 e. The van der Waals surface area contributed by atoms with E-state index in [1.807, 2.05) is 6.92 Å². The highest BCUT2D eigenvalue weighted by atomic mass is 16.5. The Balaban J connectivity index is 2.22. The molecule has 1 saturated heterocycles. The molecule has 2 heteroatoms. The minimum atomic E-state index is 0.172. The summed E-state index contributed by atoms with van der Waals surface area (Å²) in [4.78, 5) is 0. The van der Waals surface area contributed by atoms with Crippen molar-refractivity contribution in [3.8, 4) is 11.8 Å². The first-order chi connectivity index (χ1) is 6.24. The van der Waals surface area contributed by atoms with Crippen LogP contribution in [0.15, 0.2) is 0 Å². The maximum absolute atomic E-state index is 5.99. The molecule has 0 aliphatic carbocycles. The van der Waals surface area contributed by atoms with Gasteiger partial charge < -0.3 is 10.5 Å². The Labute approximate surface area is 80.8 Å². The Kier molecular flexibility index (Phi) is 4.27. The second-order valence-corrected chi connectivity index (χ2v) is 3.69. The quantitative estimate of drug-likeness (QED) is 0.672. The van der Waals surface area contributed by atoms with Gasteiger partial charge in [0.2, 0.25) is 0 Å². The summed E-state index contributed by atoms with van der Waals surface area (Å²) in [6.07, 6.45) is 4.78. The van der Waals surface area contributed by atoms with Gasteiger partial charge in [-0.25, -0.2) is 0 Å². The smallest absolute Gasteiger partial charge is 0.0730 e. The summed E-state index contributed by atoms with van der Waals surface area (Å²) in [5.74, 6) is 5.90. The Morgan fingerprint density at radius 1 is 1.54 bits per heavy atom. The summed E-state index contributed by atoms with van der Waals surface area (Å²) in [6, 6.07) is 0.172. The molecule has 0 radical (unpaired) electrons. The number of rotatable bonds is 3. The van der Waals surface area contributed by atoms with Crippen LogP contribution in [0.4, 0.5) is 0 Å². The van der Waals surface area contributed by atoms with Crippen LogP contribution in [0.5, 0.6) is 0 Å². The fourth-order valence-corrected chi connectivity index (χ4v) is 1.70. The molecule has 0 aromatic heterocycles. The second-order valence-electron chi connectivity index (χ2n) is 3.69. The molecule has 3 unspecified atom stereocenters. The van der Waals surface area contributed by atoms with Gasteiger partial charge >= 0.3 is 0 Å². The van der Waals surface area contributed by atoms with E-state index in [0.717, 1.165) is 25.7 Å². The zero-order chi connectivity index (χ0) is 9.68. The topological polar surface area (TPSA) is 35.2 Å².